The van der Waals surface area contributed by atoms with E-state index in [1.54, 1.807) is 0 Å². The minimum absolute atomic E-state index is 0.00341. The van der Waals surface area contributed by atoms with Gasteiger partial charge in [-0.25, -0.2) is 0 Å². The van der Waals surface area contributed by atoms with Gasteiger partial charge in [-0.3, -0.25) is 4.79 Å². The maximum absolute atomic E-state index is 13.0. The van der Waals surface area contributed by atoms with Crippen LogP contribution in [-0.2, 0) is 4.79 Å². The van der Waals surface area contributed by atoms with Gasteiger partial charge in [-0.05, 0) is 18.8 Å². The number of amides is 1. The van der Waals surface area contributed by atoms with Crippen LogP contribution in [0.15, 0.2) is 0 Å². The Morgan fingerprint density at radius 1 is 1.25 bits per heavy atom. The maximum Gasteiger partial charge on any atom is 0.392 e. The Kier molecular flexibility index (Phi) is 4.06. The molecule has 1 aliphatic carbocycles. The second-order valence-electron chi connectivity index (χ2n) is 6.49. The van der Waals surface area contributed by atoms with Crippen molar-refractivity contribution >= 4 is 5.91 Å². The molecule has 2 unspecified atom stereocenters. The Morgan fingerprint density at radius 2 is 1.80 bits per heavy atom. The number of carbonyl (C=O) groups excluding carboxylic acids is 1. The van der Waals surface area contributed by atoms with Crippen molar-refractivity contribution in [3.05, 3.63) is 0 Å². The monoisotopic (exact) mass is 293 g/mol. The van der Waals surface area contributed by atoms with Gasteiger partial charge in [0.1, 0.15) is 5.60 Å². The van der Waals surface area contributed by atoms with E-state index in [2.05, 4.69) is 0 Å². The Bertz CT molecular complexity index is 375. The summed E-state index contributed by atoms with van der Waals surface area (Å²) in [4.78, 5) is 13.6. The molecule has 1 saturated carbocycles. The molecule has 116 valence electrons. The lowest BCUT2D eigenvalue weighted by atomic mass is 9.76. The van der Waals surface area contributed by atoms with E-state index in [4.69, 9.17) is 0 Å². The van der Waals surface area contributed by atoms with Gasteiger partial charge in [0, 0.05) is 5.92 Å². The number of nitrogens with zero attached hydrogens (tertiary/aromatic N) is 1. The van der Waals surface area contributed by atoms with Gasteiger partial charge in [0.05, 0.1) is 19.0 Å². The van der Waals surface area contributed by atoms with Crippen LogP contribution in [0.3, 0.4) is 0 Å². The lowest BCUT2D eigenvalue weighted by Gasteiger charge is -2.50. The van der Waals surface area contributed by atoms with Crippen LogP contribution < -0.4 is 0 Å². The Balaban J connectivity index is 2.02. The van der Waals surface area contributed by atoms with Crippen LogP contribution in [0.5, 0.6) is 0 Å². The number of β-amino-alcohol motifs (C(OH)–C–C–N with tert-alkyl or cyclic N) is 1. The van der Waals surface area contributed by atoms with Crippen LogP contribution in [0.2, 0.25) is 0 Å². The SMILES string of the molecule is CC(C)C1(O)CN(C(=O)C2CCCCC2C(F)(F)F)C1. The van der Waals surface area contributed by atoms with E-state index < -0.39 is 29.5 Å². The molecule has 2 rings (SSSR count). The van der Waals surface area contributed by atoms with E-state index in [1.165, 1.54) is 4.90 Å². The van der Waals surface area contributed by atoms with E-state index in [-0.39, 0.29) is 25.4 Å². The van der Waals surface area contributed by atoms with Crippen LogP contribution in [0, 0.1) is 17.8 Å². The zero-order valence-corrected chi connectivity index (χ0v) is 11.9. The summed E-state index contributed by atoms with van der Waals surface area (Å²) in [5.41, 5.74) is -0.932. The second kappa shape index (κ2) is 5.20. The molecule has 0 aromatic rings. The predicted molar refractivity (Wildman–Crippen MR) is 67.9 cm³/mol. The Hall–Kier alpha value is -0.780. The third-order valence-corrected chi connectivity index (χ3v) is 4.82. The van der Waals surface area contributed by atoms with Crippen LogP contribution in [0.25, 0.3) is 0 Å². The van der Waals surface area contributed by atoms with E-state index in [9.17, 15) is 23.1 Å². The second-order valence-corrected chi connectivity index (χ2v) is 6.49. The summed E-state index contributed by atoms with van der Waals surface area (Å²) in [6, 6.07) is 0. The standard InChI is InChI=1S/C14H22F3NO2/c1-9(2)13(20)7-18(8-13)12(19)10-5-3-4-6-11(10)14(15,16)17/h9-11,20H,3-8H2,1-2H3. The van der Waals surface area contributed by atoms with Gasteiger partial charge in [0.25, 0.3) is 0 Å². The van der Waals surface area contributed by atoms with Crippen molar-refractivity contribution in [3.63, 3.8) is 0 Å². The van der Waals surface area contributed by atoms with Crippen molar-refractivity contribution in [2.24, 2.45) is 17.8 Å². The highest BCUT2D eigenvalue weighted by atomic mass is 19.4. The van der Waals surface area contributed by atoms with E-state index >= 15 is 0 Å². The molecule has 20 heavy (non-hydrogen) atoms. The fraction of sp³-hybridized carbons (Fsp3) is 0.929. The number of hydrogen-bond acceptors (Lipinski definition) is 2. The minimum Gasteiger partial charge on any atom is -0.386 e. The minimum atomic E-state index is -4.31. The quantitative estimate of drug-likeness (QED) is 0.850. The van der Waals surface area contributed by atoms with Crippen LogP contribution in [0.1, 0.15) is 39.5 Å². The molecular weight excluding hydrogens is 271 g/mol. The number of aliphatic hydroxyl groups is 1. The number of carbonyl (C=O) groups is 1. The van der Waals surface area contributed by atoms with Crippen molar-refractivity contribution in [2.75, 3.05) is 13.1 Å². The first-order valence-corrected chi connectivity index (χ1v) is 7.23. The summed E-state index contributed by atoms with van der Waals surface area (Å²) in [5.74, 6) is -2.91. The summed E-state index contributed by atoms with van der Waals surface area (Å²) in [7, 11) is 0. The number of alkyl halides is 3. The summed E-state index contributed by atoms with van der Waals surface area (Å²) >= 11 is 0. The summed E-state index contributed by atoms with van der Waals surface area (Å²) in [6.45, 7) is 4.01. The zero-order valence-electron chi connectivity index (χ0n) is 11.9. The highest BCUT2D eigenvalue weighted by molar-refractivity contribution is 5.80. The molecule has 2 fully saturated rings. The average molecular weight is 293 g/mol. The van der Waals surface area contributed by atoms with E-state index in [0.717, 1.165) is 0 Å². The zero-order chi connectivity index (χ0) is 15.1. The molecule has 0 aromatic carbocycles. The maximum atomic E-state index is 13.0. The summed E-state index contributed by atoms with van der Waals surface area (Å²) < 4.78 is 39.0. The molecule has 0 radical (unpaired) electrons. The molecule has 1 saturated heterocycles. The van der Waals surface area contributed by atoms with E-state index in [0.29, 0.717) is 19.3 Å². The van der Waals surface area contributed by atoms with Crippen molar-refractivity contribution in [3.8, 4) is 0 Å². The van der Waals surface area contributed by atoms with Gasteiger partial charge in [-0.2, -0.15) is 13.2 Å². The van der Waals surface area contributed by atoms with Crippen LogP contribution >= 0.6 is 0 Å². The molecular formula is C14H22F3NO2. The molecule has 2 atom stereocenters. The average Bonchev–Trinajstić information content (AvgIpc) is 2.32. The topological polar surface area (TPSA) is 40.5 Å². The van der Waals surface area contributed by atoms with Crippen LogP contribution in [-0.4, -0.2) is 40.8 Å². The third kappa shape index (κ3) is 2.80. The van der Waals surface area contributed by atoms with Gasteiger partial charge >= 0.3 is 6.18 Å². The van der Waals surface area contributed by atoms with Crippen molar-refractivity contribution in [1.82, 2.24) is 4.90 Å². The number of likely N-dealkylation sites (tertiary alicyclic amines) is 1. The fourth-order valence-corrected chi connectivity index (χ4v) is 3.19. The van der Waals surface area contributed by atoms with Gasteiger partial charge in [0.2, 0.25) is 5.91 Å². The smallest absolute Gasteiger partial charge is 0.386 e. The van der Waals surface area contributed by atoms with E-state index in [1.807, 2.05) is 13.8 Å². The molecule has 1 N–H and O–H groups in total. The first kappa shape index (κ1) is 15.6. The molecule has 1 heterocycles. The predicted octanol–water partition coefficient (Wildman–Crippen LogP) is 2.58. The molecule has 0 bridgehead atoms. The molecule has 1 aliphatic heterocycles. The van der Waals surface area contributed by atoms with Gasteiger partial charge < -0.3 is 10.0 Å². The van der Waals surface area contributed by atoms with Crippen molar-refractivity contribution < 1.29 is 23.1 Å². The first-order valence-electron chi connectivity index (χ1n) is 7.23. The van der Waals surface area contributed by atoms with Crippen molar-refractivity contribution in [1.29, 1.82) is 0 Å². The summed E-state index contributed by atoms with van der Waals surface area (Å²) in [5, 5.41) is 10.1. The van der Waals surface area contributed by atoms with Gasteiger partial charge in [-0.15, -0.1) is 0 Å². The van der Waals surface area contributed by atoms with Crippen molar-refractivity contribution in [2.45, 2.75) is 51.3 Å². The van der Waals surface area contributed by atoms with Crippen LogP contribution in [0.4, 0.5) is 13.2 Å². The lowest BCUT2D eigenvalue weighted by Crippen LogP contribution is -2.67. The Morgan fingerprint density at radius 3 is 2.30 bits per heavy atom. The lowest BCUT2D eigenvalue weighted by molar-refractivity contribution is -0.207. The number of rotatable bonds is 2. The number of hydrogen-bond donors (Lipinski definition) is 1. The molecule has 0 spiro atoms. The summed E-state index contributed by atoms with van der Waals surface area (Å²) in [6.07, 6.45) is -2.75. The highest BCUT2D eigenvalue weighted by Gasteiger charge is 2.52. The molecule has 0 aromatic heterocycles. The van der Waals surface area contributed by atoms with Gasteiger partial charge in [-0.1, -0.05) is 26.7 Å². The normalized spacial score (nSPS) is 30.2. The highest BCUT2D eigenvalue weighted by Crippen LogP contribution is 2.43. The van der Waals surface area contributed by atoms with Gasteiger partial charge in [0.15, 0.2) is 0 Å². The molecule has 6 heteroatoms. The molecule has 2 aliphatic rings. The fourth-order valence-electron chi connectivity index (χ4n) is 3.19. The molecule has 3 nitrogen and oxygen atoms in total. The molecule has 1 amide bonds. The largest absolute Gasteiger partial charge is 0.392 e. The Labute approximate surface area is 117 Å². The third-order valence-electron chi connectivity index (χ3n) is 4.82. The number of halogens is 3. The first-order chi connectivity index (χ1) is 9.15.